The molecular formula is C27H33N7O. The maximum atomic E-state index is 12.9. The monoisotopic (exact) mass is 471 g/mol. The summed E-state index contributed by atoms with van der Waals surface area (Å²) in [4.78, 5) is 33.4. The quantitative estimate of drug-likeness (QED) is 0.401. The van der Waals surface area contributed by atoms with Crippen molar-refractivity contribution in [2.24, 2.45) is 10.4 Å². The molecule has 1 aliphatic rings. The molecule has 1 aromatic carbocycles. The van der Waals surface area contributed by atoms with Gasteiger partial charge in [-0.25, -0.2) is 9.97 Å². The summed E-state index contributed by atoms with van der Waals surface area (Å²) < 4.78 is 0. The zero-order chi connectivity index (χ0) is 25.2. The summed E-state index contributed by atoms with van der Waals surface area (Å²) in [5.74, 6) is 0.481. The van der Waals surface area contributed by atoms with Crippen molar-refractivity contribution in [1.29, 1.82) is 0 Å². The van der Waals surface area contributed by atoms with Gasteiger partial charge in [0.2, 0.25) is 5.95 Å². The molecule has 1 fully saturated rings. The first-order valence-electron chi connectivity index (χ1n) is 11.7. The molecule has 1 aliphatic heterocycles. The number of nitrogens with one attached hydrogen (secondary N) is 2. The Morgan fingerprint density at radius 1 is 1.17 bits per heavy atom. The number of allylic oxidation sites excluding steroid dienone is 2. The van der Waals surface area contributed by atoms with Crippen LogP contribution in [0.5, 0.6) is 0 Å². The predicted octanol–water partition coefficient (Wildman–Crippen LogP) is 4.73. The first-order valence-corrected chi connectivity index (χ1v) is 11.7. The van der Waals surface area contributed by atoms with Gasteiger partial charge in [0.1, 0.15) is 5.69 Å². The van der Waals surface area contributed by atoms with Gasteiger partial charge in [0, 0.05) is 49.0 Å². The number of carbonyl (C=O) groups excluding carboxylic acids is 1. The second-order valence-electron chi connectivity index (χ2n) is 9.93. The Balaban J connectivity index is 1.53. The highest BCUT2D eigenvalue weighted by atomic mass is 16.2. The molecule has 0 spiro atoms. The second-order valence-corrected chi connectivity index (χ2v) is 9.93. The summed E-state index contributed by atoms with van der Waals surface area (Å²) in [5.41, 5.74) is 4.49. The number of amides is 1. The van der Waals surface area contributed by atoms with Gasteiger partial charge in [-0.15, -0.1) is 0 Å². The van der Waals surface area contributed by atoms with E-state index in [0.717, 1.165) is 48.3 Å². The average Bonchev–Trinajstić information content (AvgIpc) is 3.25. The van der Waals surface area contributed by atoms with E-state index in [1.807, 2.05) is 35.2 Å². The molecule has 3 heterocycles. The van der Waals surface area contributed by atoms with Crippen molar-refractivity contribution in [3.63, 3.8) is 0 Å². The van der Waals surface area contributed by atoms with Crippen molar-refractivity contribution in [2.45, 2.75) is 20.8 Å². The number of hydrogen-bond donors (Lipinski definition) is 2. The number of H-pyrrole nitrogens is 1. The minimum atomic E-state index is -0.0827. The Morgan fingerprint density at radius 3 is 2.60 bits per heavy atom. The van der Waals surface area contributed by atoms with Gasteiger partial charge in [-0.3, -0.25) is 9.79 Å². The number of hydrogen-bond acceptors (Lipinski definition) is 6. The lowest BCUT2D eigenvalue weighted by Crippen LogP contribution is -2.47. The van der Waals surface area contributed by atoms with Crippen LogP contribution in [0, 0.1) is 5.41 Å². The SMILES string of the molecule is C=N/C(=C\C(=C)C(C)(C)C)c1ccnc(Nc2ccc3[nH]c(C(=O)N4CCN(C)CC4)cc3c2)n1. The van der Waals surface area contributed by atoms with Crippen molar-refractivity contribution in [3.8, 4) is 0 Å². The Bertz CT molecular complexity index is 1290. The fourth-order valence-electron chi connectivity index (χ4n) is 3.78. The van der Waals surface area contributed by atoms with E-state index in [0.29, 0.717) is 23.0 Å². The molecule has 4 rings (SSSR count). The Morgan fingerprint density at radius 2 is 1.91 bits per heavy atom. The molecule has 0 radical (unpaired) electrons. The van der Waals surface area contributed by atoms with E-state index in [1.54, 1.807) is 12.3 Å². The Kier molecular flexibility index (Phi) is 6.84. The molecule has 0 saturated carbocycles. The normalized spacial score (nSPS) is 15.3. The summed E-state index contributed by atoms with van der Waals surface area (Å²) >= 11 is 0. The number of aliphatic imine (C=N–C) groups is 1. The Hall–Kier alpha value is -3.78. The molecule has 0 bridgehead atoms. The number of nitrogens with zero attached hydrogens (tertiary/aromatic N) is 5. The third-order valence-corrected chi connectivity index (χ3v) is 6.26. The number of piperazine rings is 1. The average molecular weight is 472 g/mol. The van der Waals surface area contributed by atoms with Gasteiger partial charge >= 0.3 is 0 Å². The molecule has 0 unspecified atom stereocenters. The smallest absolute Gasteiger partial charge is 0.270 e. The molecule has 1 saturated heterocycles. The van der Waals surface area contributed by atoms with Crippen molar-refractivity contribution in [1.82, 2.24) is 24.8 Å². The molecule has 3 aromatic rings. The van der Waals surface area contributed by atoms with E-state index in [4.69, 9.17) is 0 Å². The van der Waals surface area contributed by atoms with E-state index in [-0.39, 0.29) is 11.3 Å². The number of carbonyl (C=O) groups is 1. The number of fused-ring (bicyclic) bond motifs is 1. The summed E-state index contributed by atoms with van der Waals surface area (Å²) in [6.45, 7) is 17.4. The first-order chi connectivity index (χ1) is 16.6. The largest absolute Gasteiger partial charge is 0.351 e. The highest BCUT2D eigenvalue weighted by molar-refractivity contribution is 5.98. The summed E-state index contributed by atoms with van der Waals surface area (Å²) in [7, 11) is 2.08. The topological polar surface area (TPSA) is 89.5 Å². The maximum Gasteiger partial charge on any atom is 0.270 e. The highest BCUT2D eigenvalue weighted by Crippen LogP contribution is 2.28. The molecule has 182 valence electrons. The molecule has 2 aromatic heterocycles. The second kappa shape index (κ2) is 9.84. The van der Waals surface area contributed by atoms with Gasteiger partial charge in [0.15, 0.2) is 0 Å². The van der Waals surface area contributed by atoms with Gasteiger partial charge in [-0.1, -0.05) is 27.4 Å². The zero-order valence-corrected chi connectivity index (χ0v) is 20.9. The number of anilines is 2. The van der Waals surface area contributed by atoms with E-state index < -0.39 is 0 Å². The highest BCUT2D eigenvalue weighted by Gasteiger charge is 2.22. The zero-order valence-electron chi connectivity index (χ0n) is 20.9. The van der Waals surface area contributed by atoms with Crippen LogP contribution in [0.25, 0.3) is 16.6 Å². The molecule has 1 amide bonds. The van der Waals surface area contributed by atoms with Crippen molar-refractivity contribution >= 4 is 40.9 Å². The molecular weight excluding hydrogens is 438 g/mol. The predicted molar refractivity (Wildman–Crippen MR) is 143 cm³/mol. The number of likely N-dealkylation sites (N-methyl/N-ethyl adjacent to an activating group) is 1. The van der Waals surface area contributed by atoms with Crippen molar-refractivity contribution in [3.05, 3.63) is 66.1 Å². The lowest BCUT2D eigenvalue weighted by molar-refractivity contribution is 0.0659. The molecule has 0 atom stereocenters. The van der Waals surface area contributed by atoms with Crippen LogP contribution in [-0.2, 0) is 0 Å². The van der Waals surface area contributed by atoms with Gasteiger partial charge < -0.3 is 20.1 Å². The van der Waals surface area contributed by atoms with Crippen LogP contribution in [0.2, 0.25) is 0 Å². The van der Waals surface area contributed by atoms with Gasteiger partial charge in [0.05, 0.1) is 11.4 Å². The fourth-order valence-corrected chi connectivity index (χ4v) is 3.78. The van der Waals surface area contributed by atoms with Crippen LogP contribution in [0.4, 0.5) is 11.6 Å². The molecule has 2 N–H and O–H groups in total. The number of aromatic nitrogens is 3. The van der Waals surface area contributed by atoms with Crippen LogP contribution >= 0.6 is 0 Å². The lowest BCUT2D eigenvalue weighted by atomic mass is 9.87. The van der Waals surface area contributed by atoms with Crippen LogP contribution < -0.4 is 5.32 Å². The third-order valence-electron chi connectivity index (χ3n) is 6.26. The molecule has 8 heteroatoms. The van der Waals surface area contributed by atoms with Crippen LogP contribution in [0.1, 0.15) is 37.0 Å². The molecule has 8 nitrogen and oxygen atoms in total. The number of aromatic amines is 1. The van der Waals surface area contributed by atoms with Crippen LogP contribution in [0.15, 0.2) is 59.7 Å². The lowest BCUT2D eigenvalue weighted by Gasteiger charge is -2.32. The van der Waals surface area contributed by atoms with Gasteiger partial charge in [-0.05, 0) is 61.2 Å². The Labute approximate surface area is 206 Å². The summed E-state index contributed by atoms with van der Waals surface area (Å²) in [5, 5.41) is 4.20. The first kappa shape index (κ1) is 24.3. The summed E-state index contributed by atoms with van der Waals surface area (Å²) in [6, 6.07) is 9.56. The number of benzene rings is 1. The van der Waals surface area contributed by atoms with E-state index in [9.17, 15) is 4.79 Å². The van der Waals surface area contributed by atoms with Crippen LogP contribution in [0.3, 0.4) is 0 Å². The third kappa shape index (κ3) is 5.66. The van der Waals surface area contributed by atoms with Gasteiger partial charge in [-0.2, -0.15) is 0 Å². The van der Waals surface area contributed by atoms with E-state index >= 15 is 0 Å². The minimum Gasteiger partial charge on any atom is -0.351 e. The van der Waals surface area contributed by atoms with E-state index in [1.165, 1.54) is 0 Å². The van der Waals surface area contributed by atoms with Gasteiger partial charge in [0.25, 0.3) is 5.91 Å². The minimum absolute atomic E-state index is 0.0351. The van der Waals surface area contributed by atoms with Crippen molar-refractivity contribution in [2.75, 3.05) is 38.5 Å². The molecule has 0 aliphatic carbocycles. The number of rotatable bonds is 6. The van der Waals surface area contributed by atoms with Crippen molar-refractivity contribution < 1.29 is 4.79 Å². The maximum absolute atomic E-state index is 12.9. The summed E-state index contributed by atoms with van der Waals surface area (Å²) in [6.07, 6.45) is 3.59. The van der Waals surface area contributed by atoms with Crippen LogP contribution in [-0.4, -0.2) is 70.6 Å². The standard InChI is InChI=1S/C27H33N7O/c1-18(27(2,3)4)15-23(28-5)22-9-10-29-26(32-22)30-20-7-8-21-19(16-20)17-24(31-21)25(35)34-13-11-33(6)12-14-34/h7-10,15-17,31H,1,5,11-14H2,2-4,6H3,(H,29,30,32)/b23-15-. The molecule has 35 heavy (non-hydrogen) atoms. The fraction of sp³-hybridized carbons (Fsp3) is 0.333. The van der Waals surface area contributed by atoms with E-state index in [2.05, 4.69) is 71.3 Å².